The van der Waals surface area contributed by atoms with Gasteiger partial charge in [0.15, 0.2) is 0 Å². The van der Waals surface area contributed by atoms with E-state index in [9.17, 15) is 4.79 Å². The summed E-state index contributed by atoms with van der Waals surface area (Å²) in [7, 11) is 0. The molecule has 0 bridgehead atoms. The number of nitrogens with one attached hydrogen (secondary N) is 1. The molecule has 5 heteroatoms. The first-order valence-electron chi connectivity index (χ1n) is 7.12. The molecule has 112 valence electrons. The standard InChI is InChI=1S/C14H28N2O3/c1-12(13(17)19-14(2,3)4)11-15-5-6-16-7-9-18-10-8-16/h12,15H,5-11H2,1-4H3/t12-/m0/s1. The summed E-state index contributed by atoms with van der Waals surface area (Å²) in [5.41, 5.74) is -0.404. The maximum Gasteiger partial charge on any atom is 0.310 e. The van der Waals surface area contributed by atoms with Crippen molar-refractivity contribution >= 4 is 5.97 Å². The Hall–Kier alpha value is -0.650. The molecule has 0 radical (unpaired) electrons. The Bertz CT molecular complexity index is 270. The minimum Gasteiger partial charge on any atom is -0.460 e. The molecule has 0 aromatic carbocycles. The van der Waals surface area contributed by atoms with E-state index in [2.05, 4.69) is 10.2 Å². The summed E-state index contributed by atoms with van der Waals surface area (Å²) in [6, 6.07) is 0. The van der Waals surface area contributed by atoms with Crippen LogP contribution in [0.3, 0.4) is 0 Å². The number of ether oxygens (including phenoxy) is 2. The van der Waals surface area contributed by atoms with Gasteiger partial charge in [-0.05, 0) is 20.8 Å². The number of esters is 1. The zero-order chi connectivity index (χ0) is 14.3. The molecule has 0 saturated carbocycles. The summed E-state index contributed by atoms with van der Waals surface area (Å²) < 4.78 is 10.6. The summed E-state index contributed by atoms with van der Waals surface area (Å²) in [5.74, 6) is -0.240. The highest BCUT2D eigenvalue weighted by Crippen LogP contribution is 2.10. The second kappa shape index (κ2) is 7.82. The molecule has 1 heterocycles. The maximum absolute atomic E-state index is 11.8. The van der Waals surface area contributed by atoms with Gasteiger partial charge in [-0.25, -0.2) is 0 Å². The number of carbonyl (C=O) groups is 1. The second-order valence-corrected chi connectivity index (χ2v) is 6.09. The Balaban J connectivity index is 2.09. The molecule has 5 nitrogen and oxygen atoms in total. The highest BCUT2D eigenvalue weighted by Gasteiger charge is 2.21. The van der Waals surface area contributed by atoms with Crippen LogP contribution in [0.15, 0.2) is 0 Å². The molecule has 1 aliphatic heterocycles. The lowest BCUT2D eigenvalue weighted by Crippen LogP contribution is -2.41. The van der Waals surface area contributed by atoms with Crippen molar-refractivity contribution in [2.24, 2.45) is 5.92 Å². The number of nitrogens with zero attached hydrogens (tertiary/aromatic N) is 1. The van der Waals surface area contributed by atoms with Gasteiger partial charge in [0.25, 0.3) is 0 Å². The summed E-state index contributed by atoms with van der Waals surface area (Å²) in [6.45, 7) is 13.8. The van der Waals surface area contributed by atoms with Gasteiger partial charge < -0.3 is 14.8 Å². The number of morpholine rings is 1. The van der Waals surface area contributed by atoms with Crippen LogP contribution in [0.5, 0.6) is 0 Å². The normalized spacial score (nSPS) is 19.2. The first-order chi connectivity index (χ1) is 8.88. The van der Waals surface area contributed by atoms with Crippen LogP contribution in [0.4, 0.5) is 0 Å². The van der Waals surface area contributed by atoms with Crippen molar-refractivity contribution in [3.8, 4) is 0 Å². The summed E-state index contributed by atoms with van der Waals surface area (Å²) >= 11 is 0. The van der Waals surface area contributed by atoms with E-state index in [4.69, 9.17) is 9.47 Å². The van der Waals surface area contributed by atoms with Crippen LogP contribution in [0, 0.1) is 5.92 Å². The van der Waals surface area contributed by atoms with Crippen molar-refractivity contribution in [3.63, 3.8) is 0 Å². The van der Waals surface area contributed by atoms with E-state index in [1.165, 1.54) is 0 Å². The lowest BCUT2D eigenvalue weighted by molar-refractivity contribution is -0.159. The number of rotatable bonds is 6. The van der Waals surface area contributed by atoms with Gasteiger partial charge in [-0.1, -0.05) is 6.92 Å². The van der Waals surface area contributed by atoms with Crippen molar-refractivity contribution in [1.29, 1.82) is 0 Å². The monoisotopic (exact) mass is 272 g/mol. The summed E-state index contributed by atoms with van der Waals surface area (Å²) in [4.78, 5) is 14.1. The molecule has 0 amide bonds. The molecule has 1 aliphatic rings. The second-order valence-electron chi connectivity index (χ2n) is 6.09. The van der Waals surface area contributed by atoms with E-state index in [-0.39, 0.29) is 11.9 Å². The highest BCUT2D eigenvalue weighted by molar-refractivity contribution is 5.72. The van der Waals surface area contributed by atoms with Gasteiger partial charge >= 0.3 is 5.97 Å². The molecule has 1 atom stereocenters. The molecule has 1 N–H and O–H groups in total. The van der Waals surface area contributed by atoms with Crippen LogP contribution in [-0.4, -0.2) is 62.4 Å². The van der Waals surface area contributed by atoms with Gasteiger partial charge in [0.05, 0.1) is 19.1 Å². The first-order valence-corrected chi connectivity index (χ1v) is 7.12. The fourth-order valence-electron chi connectivity index (χ4n) is 1.87. The predicted molar refractivity (Wildman–Crippen MR) is 75.1 cm³/mol. The average molecular weight is 272 g/mol. The molecule has 1 fully saturated rings. The number of carbonyl (C=O) groups excluding carboxylic acids is 1. The Labute approximate surface area is 116 Å². The van der Waals surface area contributed by atoms with Gasteiger partial charge in [0, 0.05) is 32.7 Å². The van der Waals surface area contributed by atoms with Crippen LogP contribution >= 0.6 is 0 Å². The lowest BCUT2D eigenvalue weighted by Gasteiger charge is -2.27. The fourth-order valence-corrected chi connectivity index (χ4v) is 1.87. The van der Waals surface area contributed by atoms with E-state index < -0.39 is 5.60 Å². The molecule has 0 unspecified atom stereocenters. The Kier molecular flexibility index (Phi) is 6.75. The Morgan fingerprint density at radius 1 is 1.37 bits per heavy atom. The first kappa shape index (κ1) is 16.4. The van der Waals surface area contributed by atoms with Crippen molar-refractivity contribution in [2.45, 2.75) is 33.3 Å². The smallest absolute Gasteiger partial charge is 0.310 e. The van der Waals surface area contributed by atoms with Crippen LogP contribution in [0.25, 0.3) is 0 Å². The van der Waals surface area contributed by atoms with Crippen molar-refractivity contribution in [1.82, 2.24) is 10.2 Å². The van der Waals surface area contributed by atoms with Gasteiger partial charge in [-0.3, -0.25) is 9.69 Å². The maximum atomic E-state index is 11.8. The van der Waals surface area contributed by atoms with E-state index in [0.717, 1.165) is 39.4 Å². The molecule has 0 aliphatic carbocycles. The third-order valence-corrected chi connectivity index (χ3v) is 2.97. The topological polar surface area (TPSA) is 50.8 Å². The minimum absolute atomic E-state index is 0.107. The molecule has 0 aromatic rings. The molecule has 1 rings (SSSR count). The van der Waals surface area contributed by atoms with Crippen molar-refractivity contribution in [3.05, 3.63) is 0 Å². The van der Waals surface area contributed by atoms with E-state index in [1.54, 1.807) is 0 Å². The summed E-state index contributed by atoms with van der Waals surface area (Å²) in [5, 5.41) is 3.32. The highest BCUT2D eigenvalue weighted by atomic mass is 16.6. The predicted octanol–water partition coefficient (Wildman–Crippen LogP) is 0.886. The molecular formula is C14H28N2O3. The third-order valence-electron chi connectivity index (χ3n) is 2.97. The van der Waals surface area contributed by atoms with Crippen LogP contribution in [0.2, 0.25) is 0 Å². The van der Waals surface area contributed by atoms with E-state index in [1.807, 2.05) is 27.7 Å². The van der Waals surface area contributed by atoms with Gasteiger partial charge in [0.1, 0.15) is 5.60 Å². The zero-order valence-corrected chi connectivity index (χ0v) is 12.7. The SMILES string of the molecule is C[C@@H](CNCCN1CCOCC1)C(=O)OC(C)(C)C. The lowest BCUT2D eigenvalue weighted by atomic mass is 10.1. The average Bonchev–Trinajstić information content (AvgIpc) is 2.33. The fraction of sp³-hybridized carbons (Fsp3) is 0.929. The van der Waals surface area contributed by atoms with Crippen LogP contribution in [0.1, 0.15) is 27.7 Å². The third kappa shape index (κ3) is 7.50. The van der Waals surface area contributed by atoms with Crippen molar-refractivity contribution in [2.75, 3.05) is 45.9 Å². The molecule has 0 spiro atoms. The van der Waals surface area contributed by atoms with E-state index in [0.29, 0.717) is 6.54 Å². The van der Waals surface area contributed by atoms with E-state index >= 15 is 0 Å². The number of hydrogen-bond donors (Lipinski definition) is 1. The van der Waals surface area contributed by atoms with Gasteiger partial charge in [-0.2, -0.15) is 0 Å². The quantitative estimate of drug-likeness (QED) is 0.575. The Morgan fingerprint density at radius 3 is 2.58 bits per heavy atom. The minimum atomic E-state index is -0.404. The van der Waals surface area contributed by atoms with Crippen LogP contribution < -0.4 is 5.32 Å². The molecular weight excluding hydrogens is 244 g/mol. The van der Waals surface area contributed by atoms with Crippen LogP contribution in [-0.2, 0) is 14.3 Å². The van der Waals surface area contributed by atoms with Crippen molar-refractivity contribution < 1.29 is 14.3 Å². The number of hydrogen-bond acceptors (Lipinski definition) is 5. The summed E-state index contributed by atoms with van der Waals surface area (Å²) in [6.07, 6.45) is 0. The molecule has 19 heavy (non-hydrogen) atoms. The van der Waals surface area contributed by atoms with Gasteiger partial charge in [-0.15, -0.1) is 0 Å². The largest absolute Gasteiger partial charge is 0.460 e. The zero-order valence-electron chi connectivity index (χ0n) is 12.7. The Morgan fingerprint density at radius 2 is 2.00 bits per heavy atom. The molecule has 1 saturated heterocycles. The van der Waals surface area contributed by atoms with Gasteiger partial charge in [0.2, 0.25) is 0 Å². The molecule has 0 aromatic heterocycles.